The lowest BCUT2D eigenvalue weighted by Crippen LogP contribution is -2.09. The first-order chi connectivity index (χ1) is 14.6. The Labute approximate surface area is 172 Å². The molecule has 148 valence electrons. The number of rotatable bonds is 7. The maximum absolute atomic E-state index is 12.6. The average molecular weight is 399 g/mol. The normalized spacial score (nSPS) is 10.5. The van der Waals surface area contributed by atoms with E-state index in [9.17, 15) is 14.9 Å². The third-order valence-corrected chi connectivity index (χ3v) is 4.55. The molecule has 0 aliphatic rings. The minimum absolute atomic E-state index is 0.165. The number of nitro benzene ring substituents is 1. The first-order valence-electron chi connectivity index (χ1n) is 9.19. The fourth-order valence-corrected chi connectivity index (χ4v) is 3.09. The van der Waals surface area contributed by atoms with Crippen molar-refractivity contribution in [3.8, 4) is 5.82 Å². The van der Waals surface area contributed by atoms with Crippen LogP contribution in [-0.2, 0) is 6.54 Å². The molecule has 0 bridgehead atoms. The van der Waals surface area contributed by atoms with E-state index < -0.39 is 4.92 Å². The Morgan fingerprint density at radius 3 is 2.57 bits per heavy atom. The molecule has 0 saturated heterocycles. The fourth-order valence-electron chi connectivity index (χ4n) is 3.09. The van der Waals surface area contributed by atoms with Crippen LogP contribution in [0.4, 0.5) is 11.4 Å². The molecular weight excluding hydrogens is 382 g/mol. The topological polar surface area (TPSA) is 103 Å². The van der Waals surface area contributed by atoms with Crippen molar-refractivity contribution in [1.29, 1.82) is 0 Å². The van der Waals surface area contributed by atoms with Crippen LogP contribution >= 0.6 is 0 Å². The van der Waals surface area contributed by atoms with E-state index in [0.717, 1.165) is 5.56 Å². The molecule has 4 aromatic rings. The van der Waals surface area contributed by atoms with E-state index in [1.807, 2.05) is 12.1 Å². The van der Waals surface area contributed by atoms with Crippen LogP contribution < -0.4 is 5.32 Å². The molecule has 0 atom stereocenters. The lowest BCUT2D eigenvalue weighted by molar-refractivity contribution is -0.384. The molecule has 0 unspecified atom stereocenters. The number of hydrogen-bond donors (Lipinski definition) is 1. The number of hydrogen-bond acceptors (Lipinski definition) is 6. The Bertz CT molecular complexity index is 1190. The Morgan fingerprint density at radius 2 is 1.83 bits per heavy atom. The van der Waals surface area contributed by atoms with Gasteiger partial charge >= 0.3 is 0 Å². The van der Waals surface area contributed by atoms with Gasteiger partial charge < -0.3 is 5.32 Å². The lowest BCUT2D eigenvalue weighted by Gasteiger charge is -2.11. The van der Waals surface area contributed by atoms with Crippen molar-refractivity contribution in [2.24, 2.45) is 0 Å². The molecule has 0 aliphatic carbocycles. The summed E-state index contributed by atoms with van der Waals surface area (Å²) in [4.78, 5) is 28.1. The number of anilines is 1. The zero-order valence-corrected chi connectivity index (χ0v) is 15.8. The summed E-state index contributed by atoms with van der Waals surface area (Å²) in [7, 11) is 0. The van der Waals surface area contributed by atoms with E-state index in [4.69, 9.17) is 0 Å². The highest BCUT2D eigenvalue weighted by molar-refractivity contribution is 6.09. The molecule has 0 aliphatic heterocycles. The van der Waals surface area contributed by atoms with Crippen LogP contribution in [0.1, 0.15) is 21.5 Å². The van der Waals surface area contributed by atoms with E-state index >= 15 is 0 Å². The molecule has 0 fully saturated rings. The zero-order valence-electron chi connectivity index (χ0n) is 15.8. The molecule has 0 radical (unpaired) electrons. The van der Waals surface area contributed by atoms with Gasteiger partial charge in [-0.3, -0.25) is 14.9 Å². The van der Waals surface area contributed by atoms with Gasteiger partial charge in [0.2, 0.25) is 0 Å². The van der Waals surface area contributed by atoms with Crippen molar-refractivity contribution in [3.63, 3.8) is 0 Å². The maximum Gasteiger partial charge on any atom is 0.293 e. The minimum Gasteiger partial charge on any atom is -0.375 e. The fraction of sp³-hybridized carbons (Fsp3) is 0.0455. The van der Waals surface area contributed by atoms with Crippen LogP contribution in [0, 0.1) is 10.1 Å². The summed E-state index contributed by atoms with van der Waals surface area (Å²) in [5.74, 6) is 0.368. The zero-order chi connectivity index (χ0) is 20.9. The van der Waals surface area contributed by atoms with Gasteiger partial charge in [-0.25, -0.2) is 9.67 Å². The largest absolute Gasteiger partial charge is 0.375 e. The summed E-state index contributed by atoms with van der Waals surface area (Å²) in [5, 5.41) is 18.9. The van der Waals surface area contributed by atoms with Crippen molar-refractivity contribution in [2.75, 3.05) is 5.32 Å². The maximum atomic E-state index is 12.6. The van der Waals surface area contributed by atoms with Gasteiger partial charge in [0.1, 0.15) is 5.69 Å². The first kappa shape index (κ1) is 19.0. The smallest absolute Gasteiger partial charge is 0.293 e. The van der Waals surface area contributed by atoms with Gasteiger partial charge in [-0.15, -0.1) is 0 Å². The molecular formula is C22H17N5O3. The van der Waals surface area contributed by atoms with Crippen LogP contribution in [0.15, 0.2) is 85.3 Å². The Balaban J connectivity index is 1.60. The number of nitrogens with one attached hydrogen (secondary N) is 1. The Morgan fingerprint density at radius 1 is 1.00 bits per heavy atom. The molecule has 0 saturated carbocycles. The number of nitro groups is 1. The number of pyridine rings is 1. The number of carbonyl (C=O) groups is 1. The second kappa shape index (κ2) is 8.36. The molecule has 0 spiro atoms. The lowest BCUT2D eigenvalue weighted by atomic mass is 10.0. The third kappa shape index (κ3) is 3.93. The third-order valence-electron chi connectivity index (χ3n) is 4.55. The highest BCUT2D eigenvalue weighted by Gasteiger charge is 2.19. The van der Waals surface area contributed by atoms with Crippen molar-refractivity contribution in [1.82, 2.24) is 14.8 Å². The van der Waals surface area contributed by atoms with E-state index in [0.29, 0.717) is 23.6 Å². The van der Waals surface area contributed by atoms with Crippen LogP contribution in [0.5, 0.6) is 0 Å². The van der Waals surface area contributed by atoms with Crippen molar-refractivity contribution in [3.05, 3.63) is 112 Å². The molecule has 2 aromatic carbocycles. The van der Waals surface area contributed by atoms with E-state index in [2.05, 4.69) is 15.4 Å². The van der Waals surface area contributed by atoms with Crippen LogP contribution in [0.25, 0.3) is 5.82 Å². The Kier molecular flexibility index (Phi) is 5.29. The number of aromatic nitrogens is 3. The predicted molar refractivity (Wildman–Crippen MR) is 112 cm³/mol. The SMILES string of the molecule is O=C(c1ccccc1)c1ccc(NCc2cccnc2-n2cccn2)c([N+](=O)[O-])c1. The number of ketones is 1. The first-order valence-corrected chi connectivity index (χ1v) is 9.19. The second-order valence-corrected chi connectivity index (χ2v) is 6.47. The number of benzene rings is 2. The van der Waals surface area contributed by atoms with Gasteiger partial charge in [0, 0.05) is 47.9 Å². The quantitative estimate of drug-likeness (QED) is 0.286. The predicted octanol–water partition coefficient (Wildman–Crippen LogP) is 4.02. The highest BCUT2D eigenvalue weighted by atomic mass is 16.6. The molecule has 4 rings (SSSR count). The summed E-state index contributed by atoms with van der Waals surface area (Å²) in [6, 6.07) is 18.6. The summed E-state index contributed by atoms with van der Waals surface area (Å²) in [6.07, 6.45) is 5.09. The van der Waals surface area contributed by atoms with Gasteiger partial charge in [-0.2, -0.15) is 5.10 Å². The Hall–Kier alpha value is -4.33. The van der Waals surface area contributed by atoms with Gasteiger partial charge in [0.25, 0.3) is 5.69 Å². The number of carbonyl (C=O) groups excluding carboxylic acids is 1. The molecule has 1 N–H and O–H groups in total. The van der Waals surface area contributed by atoms with Crippen LogP contribution in [0.3, 0.4) is 0 Å². The molecule has 0 amide bonds. The molecule has 30 heavy (non-hydrogen) atoms. The van der Waals surface area contributed by atoms with Gasteiger partial charge in [0.05, 0.1) is 4.92 Å². The molecule has 2 heterocycles. The summed E-state index contributed by atoms with van der Waals surface area (Å²) < 4.78 is 1.63. The molecule has 8 heteroatoms. The van der Waals surface area contributed by atoms with Gasteiger partial charge in [-0.05, 0) is 24.3 Å². The second-order valence-electron chi connectivity index (χ2n) is 6.47. The van der Waals surface area contributed by atoms with Gasteiger partial charge in [0.15, 0.2) is 11.6 Å². The van der Waals surface area contributed by atoms with Crippen LogP contribution in [0.2, 0.25) is 0 Å². The van der Waals surface area contributed by atoms with Crippen LogP contribution in [-0.4, -0.2) is 25.5 Å². The van der Waals surface area contributed by atoms with Crippen molar-refractivity contribution in [2.45, 2.75) is 6.54 Å². The summed E-state index contributed by atoms with van der Waals surface area (Å²) >= 11 is 0. The average Bonchev–Trinajstić information content (AvgIpc) is 3.32. The van der Waals surface area contributed by atoms with Gasteiger partial charge in [-0.1, -0.05) is 36.4 Å². The van der Waals surface area contributed by atoms with E-state index in [1.165, 1.54) is 6.07 Å². The number of nitrogens with zero attached hydrogens (tertiary/aromatic N) is 4. The molecule has 2 aromatic heterocycles. The summed E-state index contributed by atoms with van der Waals surface area (Å²) in [6.45, 7) is 0.301. The van der Waals surface area contributed by atoms with Crippen molar-refractivity contribution < 1.29 is 9.72 Å². The van der Waals surface area contributed by atoms with E-state index in [1.54, 1.807) is 71.8 Å². The molecule has 8 nitrogen and oxygen atoms in total. The highest BCUT2D eigenvalue weighted by Crippen LogP contribution is 2.27. The van der Waals surface area contributed by atoms with E-state index in [-0.39, 0.29) is 17.0 Å². The monoisotopic (exact) mass is 399 g/mol. The van der Waals surface area contributed by atoms with Crippen molar-refractivity contribution >= 4 is 17.2 Å². The summed E-state index contributed by atoms with van der Waals surface area (Å²) in [5.41, 5.74) is 1.71. The standard InChI is InChI=1S/C22H17N5O3/c28-21(16-6-2-1-3-7-16)17-9-10-19(20(14-17)27(29)30)24-15-18-8-4-11-23-22(18)26-13-5-12-25-26/h1-14,24H,15H2. The minimum atomic E-state index is -0.498.